The molecule has 1 heterocycles. The molecule has 2 nitrogen and oxygen atoms in total. The molecule has 114 valence electrons. The molecule has 0 spiro atoms. The van der Waals surface area contributed by atoms with Crippen molar-refractivity contribution in [3.63, 3.8) is 0 Å². The van der Waals surface area contributed by atoms with Crippen LogP contribution in [0.25, 0.3) is 0 Å². The van der Waals surface area contributed by atoms with Crippen molar-refractivity contribution in [1.29, 1.82) is 0 Å². The van der Waals surface area contributed by atoms with Crippen molar-refractivity contribution >= 4 is 16.9 Å². The van der Waals surface area contributed by atoms with Gasteiger partial charge in [0.25, 0.3) is 0 Å². The second kappa shape index (κ2) is 7.35. The molecule has 1 aliphatic heterocycles. The van der Waals surface area contributed by atoms with Gasteiger partial charge in [0.1, 0.15) is 0 Å². The molecule has 1 aromatic rings. The Hall–Kier alpha value is -0.960. The van der Waals surface area contributed by atoms with Gasteiger partial charge in [-0.2, -0.15) is 0 Å². The van der Waals surface area contributed by atoms with Crippen molar-refractivity contribution in [2.24, 2.45) is 10.9 Å². The highest BCUT2D eigenvalue weighted by Crippen LogP contribution is 2.33. The number of aryl methyl sites for hydroxylation is 1. The van der Waals surface area contributed by atoms with Crippen LogP contribution in [0.3, 0.4) is 0 Å². The third-order valence-corrected chi connectivity index (χ3v) is 5.76. The third kappa shape index (κ3) is 4.26. The van der Waals surface area contributed by atoms with Crippen LogP contribution in [-0.2, 0) is 6.42 Å². The second-order valence-electron chi connectivity index (χ2n) is 6.43. The summed E-state index contributed by atoms with van der Waals surface area (Å²) in [6.45, 7) is 2.28. The molecule has 2 aliphatic rings. The van der Waals surface area contributed by atoms with E-state index in [-0.39, 0.29) is 0 Å². The van der Waals surface area contributed by atoms with Crippen molar-refractivity contribution in [2.75, 3.05) is 5.75 Å². The summed E-state index contributed by atoms with van der Waals surface area (Å²) in [5.41, 5.74) is 1.43. The predicted octanol–water partition coefficient (Wildman–Crippen LogP) is 4.26. The molecule has 1 N–H and O–H groups in total. The van der Waals surface area contributed by atoms with Crippen molar-refractivity contribution in [3.05, 3.63) is 35.9 Å². The molecular formula is C18H26N2S. The van der Waals surface area contributed by atoms with E-state index in [9.17, 15) is 0 Å². The van der Waals surface area contributed by atoms with E-state index in [1.165, 1.54) is 42.2 Å². The summed E-state index contributed by atoms with van der Waals surface area (Å²) in [5, 5.41) is 4.83. The standard InChI is InChI=1S/C18H26N2S/c1-14(11-12-15-7-3-2-4-8-15)19-18-20-17-10-6-5-9-16(17)13-21-18/h2-4,7-8,14,16-17H,5-6,9-13H2,1H3,(H,19,20). The van der Waals surface area contributed by atoms with Gasteiger partial charge in [-0.3, -0.25) is 4.99 Å². The average Bonchev–Trinajstić information content (AvgIpc) is 2.54. The Morgan fingerprint density at radius 2 is 2.05 bits per heavy atom. The number of benzene rings is 1. The number of rotatable bonds is 4. The lowest BCUT2D eigenvalue weighted by molar-refractivity contribution is 0.335. The van der Waals surface area contributed by atoms with Gasteiger partial charge in [0.2, 0.25) is 0 Å². The molecule has 3 unspecified atom stereocenters. The fraction of sp³-hybridized carbons (Fsp3) is 0.611. The molecule has 0 radical (unpaired) electrons. The maximum absolute atomic E-state index is 4.97. The van der Waals surface area contributed by atoms with Crippen molar-refractivity contribution in [2.45, 2.75) is 57.5 Å². The Bertz CT molecular complexity index is 471. The minimum atomic E-state index is 0.497. The molecule has 0 aromatic heterocycles. The fourth-order valence-corrected chi connectivity index (χ4v) is 4.57. The average molecular weight is 302 g/mol. The number of amidine groups is 1. The molecule has 21 heavy (non-hydrogen) atoms. The second-order valence-corrected chi connectivity index (χ2v) is 7.44. The molecule has 3 atom stereocenters. The zero-order valence-electron chi connectivity index (χ0n) is 12.9. The summed E-state index contributed by atoms with van der Waals surface area (Å²) in [4.78, 5) is 4.97. The summed E-state index contributed by atoms with van der Waals surface area (Å²) in [6, 6.07) is 11.9. The van der Waals surface area contributed by atoms with Crippen molar-refractivity contribution in [3.8, 4) is 0 Å². The normalized spacial score (nSPS) is 26.6. The van der Waals surface area contributed by atoms with Crippen LogP contribution < -0.4 is 5.32 Å². The van der Waals surface area contributed by atoms with Gasteiger partial charge in [-0.15, -0.1) is 0 Å². The van der Waals surface area contributed by atoms with Crippen LogP contribution in [0.15, 0.2) is 35.3 Å². The van der Waals surface area contributed by atoms with E-state index < -0.39 is 0 Å². The number of thioether (sulfide) groups is 1. The van der Waals surface area contributed by atoms with Crippen LogP contribution in [0.1, 0.15) is 44.6 Å². The van der Waals surface area contributed by atoms with E-state index in [1.807, 2.05) is 11.8 Å². The van der Waals surface area contributed by atoms with E-state index in [0.717, 1.165) is 18.8 Å². The zero-order valence-corrected chi connectivity index (χ0v) is 13.7. The Balaban J connectivity index is 1.48. The maximum Gasteiger partial charge on any atom is 0.157 e. The summed E-state index contributed by atoms with van der Waals surface area (Å²) in [7, 11) is 0. The molecule has 1 saturated carbocycles. The molecule has 3 heteroatoms. The number of fused-ring (bicyclic) bond motifs is 1. The van der Waals surface area contributed by atoms with Crippen molar-refractivity contribution in [1.82, 2.24) is 5.32 Å². The molecule has 1 fully saturated rings. The molecule has 0 bridgehead atoms. The van der Waals surface area contributed by atoms with Crippen LogP contribution in [0, 0.1) is 5.92 Å². The first-order valence-corrected chi connectivity index (χ1v) is 9.31. The van der Waals surface area contributed by atoms with Crippen LogP contribution in [-0.4, -0.2) is 23.0 Å². The Morgan fingerprint density at radius 1 is 1.24 bits per heavy atom. The van der Waals surface area contributed by atoms with Crippen LogP contribution in [0.5, 0.6) is 0 Å². The molecule has 1 aromatic carbocycles. The number of nitrogens with one attached hydrogen (secondary N) is 1. The minimum Gasteiger partial charge on any atom is -0.362 e. The largest absolute Gasteiger partial charge is 0.362 e. The number of hydrogen-bond donors (Lipinski definition) is 1. The Labute approximate surface area is 132 Å². The van der Waals surface area contributed by atoms with E-state index in [0.29, 0.717) is 12.1 Å². The molecule has 1 aliphatic carbocycles. The number of aliphatic imine (C=N–C) groups is 1. The van der Waals surface area contributed by atoms with Gasteiger partial charge in [0.05, 0.1) is 6.04 Å². The predicted molar refractivity (Wildman–Crippen MR) is 93.0 cm³/mol. The van der Waals surface area contributed by atoms with Crippen LogP contribution >= 0.6 is 11.8 Å². The van der Waals surface area contributed by atoms with Gasteiger partial charge in [0.15, 0.2) is 5.17 Å². The zero-order chi connectivity index (χ0) is 14.5. The molecule has 0 amide bonds. The first-order chi connectivity index (χ1) is 10.3. The van der Waals surface area contributed by atoms with Gasteiger partial charge in [-0.1, -0.05) is 54.9 Å². The number of nitrogens with zero attached hydrogens (tertiary/aromatic N) is 1. The SMILES string of the molecule is CC(CCc1ccccc1)NC1=NC2CCCCC2CS1. The minimum absolute atomic E-state index is 0.497. The molecule has 3 rings (SSSR count). The van der Waals surface area contributed by atoms with E-state index in [1.54, 1.807) is 0 Å². The highest BCUT2D eigenvalue weighted by atomic mass is 32.2. The summed E-state index contributed by atoms with van der Waals surface area (Å²) < 4.78 is 0. The van der Waals surface area contributed by atoms with Crippen LogP contribution in [0.2, 0.25) is 0 Å². The molecule has 0 saturated heterocycles. The van der Waals surface area contributed by atoms with E-state index in [4.69, 9.17) is 4.99 Å². The van der Waals surface area contributed by atoms with Crippen LogP contribution in [0.4, 0.5) is 0 Å². The monoisotopic (exact) mass is 302 g/mol. The van der Waals surface area contributed by atoms with Gasteiger partial charge in [-0.25, -0.2) is 0 Å². The Kier molecular flexibility index (Phi) is 5.23. The lowest BCUT2D eigenvalue weighted by atomic mass is 9.86. The molecular weight excluding hydrogens is 276 g/mol. The summed E-state index contributed by atoms with van der Waals surface area (Å²) in [6.07, 6.45) is 7.77. The lowest BCUT2D eigenvalue weighted by Gasteiger charge is -2.33. The third-order valence-electron chi connectivity index (χ3n) is 4.66. The quantitative estimate of drug-likeness (QED) is 0.898. The lowest BCUT2D eigenvalue weighted by Crippen LogP contribution is -2.38. The summed E-state index contributed by atoms with van der Waals surface area (Å²) in [5.74, 6) is 2.11. The topological polar surface area (TPSA) is 24.4 Å². The smallest absolute Gasteiger partial charge is 0.157 e. The first kappa shape index (κ1) is 15.0. The van der Waals surface area contributed by atoms with Gasteiger partial charge < -0.3 is 5.32 Å². The van der Waals surface area contributed by atoms with Gasteiger partial charge in [0, 0.05) is 11.8 Å². The highest BCUT2D eigenvalue weighted by molar-refractivity contribution is 8.13. The fourth-order valence-electron chi connectivity index (χ4n) is 3.32. The maximum atomic E-state index is 4.97. The van der Waals surface area contributed by atoms with Gasteiger partial charge in [-0.05, 0) is 44.1 Å². The van der Waals surface area contributed by atoms with Crippen molar-refractivity contribution < 1.29 is 0 Å². The Morgan fingerprint density at radius 3 is 2.90 bits per heavy atom. The summed E-state index contributed by atoms with van der Waals surface area (Å²) >= 11 is 1.94. The first-order valence-electron chi connectivity index (χ1n) is 8.32. The highest BCUT2D eigenvalue weighted by Gasteiger charge is 2.29. The van der Waals surface area contributed by atoms with E-state index in [2.05, 4.69) is 42.6 Å². The van der Waals surface area contributed by atoms with Gasteiger partial charge >= 0.3 is 0 Å². The number of hydrogen-bond acceptors (Lipinski definition) is 3. The van der Waals surface area contributed by atoms with E-state index >= 15 is 0 Å².